The van der Waals surface area contributed by atoms with E-state index in [0.717, 1.165) is 17.8 Å². The van der Waals surface area contributed by atoms with Crippen molar-refractivity contribution in [1.82, 2.24) is 4.98 Å². The Bertz CT molecular complexity index is 847. The third-order valence-corrected chi connectivity index (χ3v) is 4.45. The predicted molar refractivity (Wildman–Crippen MR) is 84.9 cm³/mol. The van der Waals surface area contributed by atoms with Crippen LogP contribution in [0.3, 0.4) is 0 Å². The van der Waals surface area contributed by atoms with Crippen molar-refractivity contribution in [3.05, 3.63) is 53.9 Å². The standard InChI is InChI=1S/C17H14F3N3O/c1-22-14-8-23(9-15(14)24)13-6-5-12(21-16(13)22)10-3-2-4-11(7-10)17(18,19)20/h2-7,9,14,24H,8H2,1H3/t14-/m1/s1. The Kier molecular flexibility index (Phi) is 3.03. The number of hydrogen-bond acceptors (Lipinski definition) is 4. The first-order valence-electron chi connectivity index (χ1n) is 7.43. The van der Waals surface area contributed by atoms with E-state index in [2.05, 4.69) is 4.98 Å². The van der Waals surface area contributed by atoms with Crippen LogP contribution in [0.1, 0.15) is 5.56 Å². The van der Waals surface area contributed by atoms with E-state index in [0.29, 0.717) is 23.6 Å². The third kappa shape index (κ3) is 2.19. The largest absolute Gasteiger partial charge is 0.509 e. The molecule has 0 saturated heterocycles. The molecule has 0 fully saturated rings. The van der Waals surface area contributed by atoms with E-state index < -0.39 is 11.7 Å². The van der Waals surface area contributed by atoms with Crippen LogP contribution in [0.25, 0.3) is 11.3 Å². The van der Waals surface area contributed by atoms with Gasteiger partial charge in [0, 0.05) is 18.8 Å². The summed E-state index contributed by atoms with van der Waals surface area (Å²) < 4.78 is 38.7. The van der Waals surface area contributed by atoms with E-state index in [1.54, 1.807) is 18.3 Å². The number of aliphatic hydroxyl groups is 1. The number of benzene rings is 1. The Hall–Kier alpha value is -2.70. The van der Waals surface area contributed by atoms with E-state index in [-0.39, 0.29) is 11.8 Å². The maximum atomic E-state index is 12.9. The van der Waals surface area contributed by atoms with E-state index >= 15 is 0 Å². The van der Waals surface area contributed by atoms with Crippen LogP contribution in [-0.4, -0.2) is 29.7 Å². The Morgan fingerprint density at radius 2 is 2.00 bits per heavy atom. The van der Waals surface area contributed by atoms with Gasteiger partial charge in [0.25, 0.3) is 0 Å². The molecule has 2 aromatic rings. The van der Waals surface area contributed by atoms with Crippen LogP contribution >= 0.6 is 0 Å². The summed E-state index contributed by atoms with van der Waals surface area (Å²) in [6.07, 6.45) is -2.72. The van der Waals surface area contributed by atoms with Crippen LogP contribution in [0.5, 0.6) is 0 Å². The van der Waals surface area contributed by atoms with E-state index in [1.807, 2.05) is 22.9 Å². The number of aliphatic hydroxyl groups excluding tert-OH is 1. The summed E-state index contributed by atoms with van der Waals surface area (Å²) in [4.78, 5) is 8.29. The normalized spacial score (nSPS) is 19.3. The Morgan fingerprint density at radius 1 is 1.21 bits per heavy atom. The predicted octanol–water partition coefficient (Wildman–Crippen LogP) is 3.81. The number of halogens is 3. The van der Waals surface area contributed by atoms with Gasteiger partial charge in [-0.25, -0.2) is 4.98 Å². The van der Waals surface area contributed by atoms with Gasteiger partial charge >= 0.3 is 6.18 Å². The fraction of sp³-hybridized carbons (Fsp3) is 0.235. The van der Waals surface area contributed by atoms with Gasteiger partial charge in [-0.15, -0.1) is 0 Å². The van der Waals surface area contributed by atoms with Crippen molar-refractivity contribution < 1.29 is 18.3 Å². The molecule has 1 aromatic heterocycles. The summed E-state index contributed by atoms with van der Waals surface area (Å²) in [6, 6.07) is 8.47. The van der Waals surface area contributed by atoms with Crippen LogP contribution in [0, 0.1) is 0 Å². The molecule has 0 saturated carbocycles. The average molecular weight is 333 g/mol. The zero-order valence-electron chi connectivity index (χ0n) is 12.7. The van der Waals surface area contributed by atoms with Crippen LogP contribution in [0.2, 0.25) is 0 Å². The number of nitrogens with zero attached hydrogens (tertiary/aromatic N) is 3. The summed E-state index contributed by atoms with van der Waals surface area (Å²) in [5, 5.41) is 9.98. The van der Waals surface area contributed by atoms with Gasteiger partial charge in [-0.3, -0.25) is 0 Å². The molecular formula is C17H14F3N3O. The average Bonchev–Trinajstić information content (AvgIpc) is 2.90. The number of pyridine rings is 1. The zero-order chi connectivity index (χ0) is 17.1. The van der Waals surface area contributed by atoms with Gasteiger partial charge in [0.15, 0.2) is 5.82 Å². The minimum Gasteiger partial charge on any atom is -0.509 e. The van der Waals surface area contributed by atoms with Gasteiger partial charge < -0.3 is 14.9 Å². The highest BCUT2D eigenvalue weighted by atomic mass is 19.4. The van der Waals surface area contributed by atoms with Crippen molar-refractivity contribution in [2.75, 3.05) is 23.4 Å². The van der Waals surface area contributed by atoms with Crippen LogP contribution in [0.15, 0.2) is 48.4 Å². The topological polar surface area (TPSA) is 39.6 Å². The number of hydrogen-bond donors (Lipinski definition) is 1. The molecule has 4 rings (SSSR count). The lowest BCUT2D eigenvalue weighted by Crippen LogP contribution is -2.42. The minimum atomic E-state index is -4.39. The fourth-order valence-corrected chi connectivity index (χ4v) is 3.16. The van der Waals surface area contributed by atoms with Crippen molar-refractivity contribution in [3.63, 3.8) is 0 Å². The van der Waals surface area contributed by atoms with Crippen LogP contribution < -0.4 is 9.80 Å². The molecule has 1 N–H and O–H groups in total. The molecule has 24 heavy (non-hydrogen) atoms. The highest BCUT2D eigenvalue weighted by molar-refractivity contribution is 5.77. The first-order chi connectivity index (χ1) is 11.3. The molecule has 3 heterocycles. The third-order valence-electron chi connectivity index (χ3n) is 4.45. The Balaban J connectivity index is 1.78. The van der Waals surface area contributed by atoms with E-state index in [1.165, 1.54) is 6.07 Å². The molecule has 124 valence electrons. The summed E-state index contributed by atoms with van der Waals surface area (Å²) in [5.74, 6) is 0.901. The smallest absolute Gasteiger partial charge is 0.416 e. The number of alkyl halides is 3. The maximum absolute atomic E-state index is 12.9. The number of fused-ring (bicyclic) bond motifs is 4. The molecule has 2 aliphatic heterocycles. The van der Waals surface area contributed by atoms with E-state index in [9.17, 15) is 18.3 Å². The molecule has 2 bridgehead atoms. The van der Waals surface area contributed by atoms with E-state index in [4.69, 9.17) is 0 Å². The van der Waals surface area contributed by atoms with Gasteiger partial charge in [0.05, 0.1) is 23.5 Å². The summed E-state index contributed by atoms with van der Waals surface area (Å²) in [7, 11) is 1.82. The quantitative estimate of drug-likeness (QED) is 0.861. The van der Waals surface area contributed by atoms with Gasteiger partial charge in [-0.1, -0.05) is 12.1 Å². The van der Waals surface area contributed by atoms with Gasteiger partial charge in [-0.05, 0) is 24.3 Å². The highest BCUT2D eigenvalue weighted by Gasteiger charge is 2.37. The number of rotatable bonds is 1. The molecule has 0 aliphatic carbocycles. The second-order valence-corrected chi connectivity index (χ2v) is 5.95. The van der Waals surface area contributed by atoms with Crippen LogP contribution in [-0.2, 0) is 6.18 Å². The molecule has 0 radical (unpaired) electrons. The first kappa shape index (κ1) is 14.9. The summed E-state index contributed by atoms with van der Waals surface area (Å²) >= 11 is 0. The fourth-order valence-electron chi connectivity index (χ4n) is 3.16. The van der Waals surface area contributed by atoms with Crippen molar-refractivity contribution >= 4 is 11.5 Å². The first-order valence-corrected chi connectivity index (χ1v) is 7.43. The Labute approximate surface area is 136 Å². The Morgan fingerprint density at radius 3 is 2.75 bits per heavy atom. The second kappa shape index (κ2) is 4.90. The summed E-state index contributed by atoms with van der Waals surface area (Å²) in [6.45, 7) is 0.639. The van der Waals surface area contributed by atoms with Crippen molar-refractivity contribution in [1.29, 1.82) is 0 Å². The number of aromatic nitrogens is 1. The molecule has 7 heteroatoms. The minimum absolute atomic E-state index is 0.179. The van der Waals surface area contributed by atoms with Gasteiger partial charge in [-0.2, -0.15) is 13.2 Å². The molecule has 4 nitrogen and oxygen atoms in total. The van der Waals surface area contributed by atoms with Crippen molar-refractivity contribution in [2.45, 2.75) is 12.2 Å². The second-order valence-electron chi connectivity index (χ2n) is 5.95. The van der Waals surface area contributed by atoms with Gasteiger partial charge in [0.2, 0.25) is 0 Å². The monoisotopic (exact) mass is 333 g/mol. The molecule has 1 aromatic carbocycles. The van der Waals surface area contributed by atoms with Crippen LogP contribution in [0.4, 0.5) is 24.7 Å². The zero-order valence-corrected chi connectivity index (χ0v) is 12.7. The molecular weight excluding hydrogens is 319 g/mol. The lowest BCUT2D eigenvalue weighted by Gasteiger charge is -2.34. The molecule has 0 unspecified atom stereocenters. The lowest BCUT2D eigenvalue weighted by molar-refractivity contribution is -0.137. The van der Waals surface area contributed by atoms with Gasteiger partial charge in [0.1, 0.15) is 11.8 Å². The number of anilines is 2. The maximum Gasteiger partial charge on any atom is 0.416 e. The summed E-state index contributed by atoms with van der Waals surface area (Å²) in [5.41, 5.74) is 1.00. The number of likely N-dealkylation sites (N-methyl/N-ethyl adjacent to an activating group) is 1. The lowest BCUT2D eigenvalue weighted by atomic mass is 10.1. The molecule has 0 spiro atoms. The highest BCUT2D eigenvalue weighted by Crippen LogP contribution is 2.40. The van der Waals surface area contributed by atoms with Crippen molar-refractivity contribution in [3.8, 4) is 11.3 Å². The molecule has 2 aliphatic rings. The molecule has 1 atom stereocenters. The SMILES string of the molecule is CN1c2nc(-c3cccc(C(F)(F)F)c3)ccc2N2C=C(O)[C@H]1C2. The van der Waals surface area contributed by atoms with Crippen molar-refractivity contribution in [2.24, 2.45) is 0 Å². The molecule has 0 amide bonds.